The van der Waals surface area contributed by atoms with Gasteiger partial charge in [0.25, 0.3) is 5.69 Å². The van der Waals surface area contributed by atoms with Gasteiger partial charge in [0.15, 0.2) is 0 Å². The van der Waals surface area contributed by atoms with Crippen LogP contribution >= 0.6 is 0 Å². The van der Waals surface area contributed by atoms with Crippen molar-refractivity contribution in [2.24, 2.45) is 0 Å². The highest BCUT2D eigenvalue weighted by molar-refractivity contribution is 5.93. The van der Waals surface area contributed by atoms with Crippen molar-refractivity contribution in [3.63, 3.8) is 0 Å². The number of anilines is 1. The van der Waals surface area contributed by atoms with E-state index in [0.717, 1.165) is 17.8 Å². The number of pyridine rings is 1. The van der Waals surface area contributed by atoms with Gasteiger partial charge in [0, 0.05) is 12.6 Å². The number of aromatic nitrogens is 1. The lowest BCUT2D eigenvalue weighted by Crippen LogP contribution is -2.14. The van der Waals surface area contributed by atoms with E-state index in [9.17, 15) is 14.9 Å². The summed E-state index contributed by atoms with van der Waals surface area (Å²) in [5.74, 6) is -1.21. The lowest BCUT2D eigenvalue weighted by molar-refractivity contribution is -0.385. The molecule has 108 valence electrons. The second-order valence-corrected chi connectivity index (χ2v) is 4.09. The highest BCUT2D eigenvalue weighted by atomic mass is 16.6. The third-order valence-electron chi connectivity index (χ3n) is 2.20. The van der Waals surface area contributed by atoms with Crippen molar-refractivity contribution in [3.8, 4) is 0 Å². The third-order valence-corrected chi connectivity index (χ3v) is 2.20. The number of carbonyl (C=O) groups is 1. The Hall–Kier alpha value is -2.48. The fourth-order valence-corrected chi connectivity index (χ4v) is 1.35. The van der Waals surface area contributed by atoms with Crippen LogP contribution in [-0.2, 0) is 4.74 Å². The van der Waals surface area contributed by atoms with Crippen LogP contribution in [0, 0.1) is 10.1 Å². The topological polar surface area (TPSA) is 115 Å². The maximum absolute atomic E-state index is 11.0. The second kappa shape index (κ2) is 7.19. The second-order valence-electron chi connectivity index (χ2n) is 4.09. The van der Waals surface area contributed by atoms with Gasteiger partial charge in [-0.15, -0.1) is 0 Å². The van der Waals surface area contributed by atoms with Crippen LogP contribution in [0.1, 0.15) is 17.3 Å². The molecule has 0 radical (unpaired) electrons. The maximum Gasteiger partial charge on any atom is 0.339 e. The van der Waals surface area contributed by atoms with Crippen molar-refractivity contribution in [2.45, 2.75) is 6.92 Å². The molecule has 0 aromatic carbocycles. The number of nitrogens with one attached hydrogen (secondary N) is 1. The first-order valence-electron chi connectivity index (χ1n) is 5.75. The summed E-state index contributed by atoms with van der Waals surface area (Å²) in [6.07, 6.45) is 1.00. The Morgan fingerprint density at radius 2 is 2.35 bits per heavy atom. The molecule has 1 rings (SSSR count). The summed E-state index contributed by atoms with van der Waals surface area (Å²) >= 11 is 0. The highest BCUT2D eigenvalue weighted by Gasteiger charge is 2.17. The number of carboxylic acids is 1. The summed E-state index contributed by atoms with van der Waals surface area (Å²) in [5.41, 5.74) is 0.260. The highest BCUT2D eigenvalue weighted by Crippen LogP contribution is 2.18. The van der Waals surface area contributed by atoms with Crippen molar-refractivity contribution in [1.82, 2.24) is 4.98 Å². The van der Waals surface area contributed by atoms with Crippen LogP contribution in [-0.4, -0.2) is 40.7 Å². The molecule has 0 saturated heterocycles. The molecular formula is C12H15N3O5. The fraction of sp³-hybridized carbons (Fsp3) is 0.333. The summed E-state index contributed by atoms with van der Waals surface area (Å²) in [4.78, 5) is 24.7. The van der Waals surface area contributed by atoms with Crippen molar-refractivity contribution >= 4 is 17.5 Å². The van der Waals surface area contributed by atoms with Gasteiger partial charge in [-0.3, -0.25) is 10.1 Å². The molecule has 0 aliphatic rings. The van der Waals surface area contributed by atoms with E-state index < -0.39 is 10.9 Å². The molecular weight excluding hydrogens is 266 g/mol. The van der Waals surface area contributed by atoms with Gasteiger partial charge < -0.3 is 15.2 Å². The largest absolute Gasteiger partial charge is 0.478 e. The van der Waals surface area contributed by atoms with Crippen LogP contribution < -0.4 is 5.32 Å². The van der Waals surface area contributed by atoms with Crippen molar-refractivity contribution in [1.29, 1.82) is 0 Å². The smallest absolute Gasteiger partial charge is 0.339 e. The van der Waals surface area contributed by atoms with E-state index >= 15 is 0 Å². The summed E-state index contributed by atoms with van der Waals surface area (Å²) in [6.45, 7) is 6.59. The lowest BCUT2D eigenvalue weighted by Gasteiger charge is -2.08. The first kappa shape index (κ1) is 15.6. The van der Waals surface area contributed by atoms with Crippen molar-refractivity contribution in [3.05, 3.63) is 40.1 Å². The van der Waals surface area contributed by atoms with Gasteiger partial charge in [-0.05, 0) is 6.92 Å². The molecule has 1 aromatic rings. The van der Waals surface area contributed by atoms with E-state index in [-0.39, 0.29) is 17.1 Å². The Balaban J connectivity index is 2.67. The zero-order valence-electron chi connectivity index (χ0n) is 11.0. The Kier molecular flexibility index (Phi) is 5.60. The molecule has 0 spiro atoms. The average molecular weight is 281 g/mol. The van der Waals surface area contributed by atoms with Crippen LogP contribution in [0.3, 0.4) is 0 Å². The van der Waals surface area contributed by atoms with Crippen LogP contribution in [0.25, 0.3) is 0 Å². The Labute approximate surface area is 115 Å². The Bertz CT molecular complexity index is 530. The molecule has 1 aromatic heterocycles. The van der Waals surface area contributed by atoms with Gasteiger partial charge in [-0.1, -0.05) is 12.2 Å². The van der Waals surface area contributed by atoms with Gasteiger partial charge in [0.05, 0.1) is 18.1 Å². The molecule has 1 heterocycles. The van der Waals surface area contributed by atoms with Gasteiger partial charge in [-0.2, -0.15) is 0 Å². The SMILES string of the molecule is C=C(C)COCCNc1ncc([N+](=O)[O-])cc1C(=O)O. The van der Waals surface area contributed by atoms with E-state index in [1.807, 2.05) is 6.92 Å². The molecule has 0 unspecified atom stereocenters. The number of rotatable bonds is 8. The quantitative estimate of drug-likeness (QED) is 0.322. The monoisotopic (exact) mass is 281 g/mol. The van der Waals surface area contributed by atoms with Crippen molar-refractivity contribution < 1.29 is 19.6 Å². The first-order chi connectivity index (χ1) is 9.41. The van der Waals surface area contributed by atoms with Crippen LogP contribution in [0.4, 0.5) is 11.5 Å². The number of carboxylic acid groups (broad SMARTS) is 1. The minimum Gasteiger partial charge on any atom is -0.478 e. The Morgan fingerprint density at radius 1 is 1.65 bits per heavy atom. The molecule has 0 atom stereocenters. The summed E-state index contributed by atoms with van der Waals surface area (Å²) in [7, 11) is 0. The fourth-order valence-electron chi connectivity index (χ4n) is 1.35. The standard InChI is InChI=1S/C12H15N3O5/c1-8(2)7-20-4-3-13-11-10(12(16)17)5-9(6-14-11)15(18)19/h5-6H,1,3-4,7H2,2H3,(H,13,14)(H,16,17). The lowest BCUT2D eigenvalue weighted by atomic mass is 10.2. The predicted molar refractivity (Wildman–Crippen MR) is 72.0 cm³/mol. The molecule has 0 aliphatic carbocycles. The van der Waals surface area contributed by atoms with E-state index in [0.29, 0.717) is 19.8 Å². The van der Waals surface area contributed by atoms with Gasteiger partial charge >= 0.3 is 5.97 Å². The molecule has 0 fully saturated rings. The number of nitro groups is 1. The number of nitrogens with zero attached hydrogens (tertiary/aromatic N) is 2. The molecule has 2 N–H and O–H groups in total. The molecule has 0 saturated carbocycles. The molecule has 0 aliphatic heterocycles. The molecule has 8 nitrogen and oxygen atoms in total. The van der Waals surface area contributed by atoms with Gasteiger partial charge in [-0.25, -0.2) is 9.78 Å². The van der Waals surface area contributed by atoms with E-state index in [2.05, 4.69) is 16.9 Å². The number of hydrogen-bond acceptors (Lipinski definition) is 6. The van der Waals surface area contributed by atoms with Gasteiger partial charge in [0.2, 0.25) is 0 Å². The van der Waals surface area contributed by atoms with E-state index in [1.165, 1.54) is 0 Å². The van der Waals surface area contributed by atoms with E-state index in [4.69, 9.17) is 9.84 Å². The maximum atomic E-state index is 11.0. The summed E-state index contributed by atoms with van der Waals surface area (Å²) in [5, 5.41) is 22.3. The van der Waals surface area contributed by atoms with E-state index in [1.54, 1.807) is 0 Å². The zero-order valence-corrected chi connectivity index (χ0v) is 11.0. The van der Waals surface area contributed by atoms with Crippen LogP contribution in [0.5, 0.6) is 0 Å². The van der Waals surface area contributed by atoms with Crippen LogP contribution in [0.2, 0.25) is 0 Å². The average Bonchev–Trinajstić information content (AvgIpc) is 2.37. The summed E-state index contributed by atoms with van der Waals surface area (Å²) < 4.78 is 5.23. The molecule has 8 heteroatoms. The summed E-state index contributed by atoms with van der Waals surface area (Å²) in [6, 6.07) is 0.965. The molecule has 20 heavy (non-hydrogen) atoms. The van der Waals surface area contributed by atoms with Gasteiger partial charge in [0.1, 0.15) is 17.6 Å². The third kappa shape index (κ3) is 4.65. The minimum absolute atomic E-state index is 0.0713. The zero-order chi connectivity index (χ0) is 15.1. The first-order valence-corrected chi connectivity index (χ1v) is 5.75. The van der Waals surface area contributed by atoms with Crippen molar-refractivity contribution in [2.75, 3.05) is 25.1 Å². The molecule has 0 bridgehead atoms. The number of aromatic carboxylic acids is 1. The number of ether oxygens (including phenoxy) is 1. The molecule has 0 amide bonds. The number of hydrogen-bond donors (Lipinski definition) is 2. The Morgan fingerprint density at radius 3 is 2.90 bits per heavy atom. The van der Waals surface area contributed by atoms with Crippen LogP contribution in [0.15, 0.2) is 24.4 Å². The normalized spacial score (nSPS) is 10.1. The minimum atomic E-state index is -1.29. The predicted octanol–water partition coefficient (Wildman–Crippen LogP) is 1.69.